The first-order valence-corrected chi connectivity index (χ1v) is 8.74. The molecule has 0 bridgehead atoms. The molecule has 0 saturated carbocycles. The van der Waals surface area contributed by atoms with Gasteiger partial charge in [0.1, 0.15) is 0 Å². The summed E-state index contributed by atoms with van der Waals surface area (Å²) in [6.45, 7) is 8.01. The van der Waals surface area contributed by atoms with Gasteiger partial charge in [-0.25, -0.2) is 13.1 Å². The molecule has 110 valence electrons. The first-order valence-electron chi connectivity index (χ1n) is 6.38. The molecule has 1 heterocycles. The zero-order valence-electron chi connectivity index (χ0n) is 11.6. The third-order valence-electron chi connectivity index (χ3n) is 2.46. The van der Waals surface area contributed by atoms with Crippen LogP contribution in [0.15, 0.2) is 16.3 Å². The van der Waals surface area contributed by atoms with Crippen molar-refractivity contribution in [1.82, 2.24) is 10.0 Å². The summed E-state index contributed by atoms with van der Waals surface area (Å²) in [7, 11) is -3.47. The Bertz CT molecular complexity index is 471. The van der Waals surface area contributed by atoms with E-state index in [4.69, 9.17) is 4.74 Å². The topological polar surface area (TPSA) is 67.4 Å². The van der Waals surface area contributed by atoms with Crippen LogP contribution in [0.5, 0.6) is 0 Å². The van der Waals surface area contributed by atoms with Crippen molar-refractivity contribution >= 4 is 21.4 Å². The molecule has 1 atom stereocenters. The fourth-order valence-corrected chi connectivity index (χ4v) is 4.23. The Morgan fingerprint density at radius 2 is 2.16 bits per heavy atom. The van der Waals surface area contributed by atoms with Crippen molar-refractivity contribution in [1.29, 1.82) is 0 Å². The lowest BCUT2D eigenvalue weighted by molar-refractivity contribution is 0.133. The molecule has 0 radical (unpaired) electrons. The quantitative estimate of drug-likeness (QED) is 0.726. The van der Waals surface area contributed by atoms with Gasteiger partial charge in [0.05, 0.1) is 11.5 Å². The van der Waals surface area contributed by atoms with E-state index in [-0.39, 0.29) is 6.04 Å². The first-order chi connectivity index (χ1) is 9.01. The summed E-state index contributed by atoms with van der Waals surface area (Å²) < 4.78 is 32.4. The van der Waals surface area contributed by atoms with Crippen LogP contribution in [-0.2, 0) is 21.3 Å². The van der Waals surface area contributed by atoms with Crippen LogP contribution < -0.4 is 10.0 Å². The van der Waals surface area contributed by atoms with Gasteiger partial charge in [-0.2, -0.15) is 0 Å². The van der Waals surface area contributed by atoms with E-state index in [1.165, 1.54) is 11.3 Å². The van der Waals surface area contributed by atoms with E-state index in [9.17, 15) is 8.42 Å². The third-order valence-corrected chi connectivity index (χ3v) is 5.18. The van der Waals surface area contributed by atoms with Crippen LogP contribution in [0.25, 0.3) is 0 Å². The summed E-state index contributed by atoms with van der Waals surface area (Å²) in [5, 5.41) is 4.94. The van der Waals surface area contributed by atoms with E-state index in [0.717, 1.165) is 11.4 Å². The summed E-state index contributed by atoms with van der Waals surface area (Å²) in [4.78, 5) is 1.19. The Hall–Kier alpha value is -0.470. The molecule has 0 spiro atoms. The SMILES string of the molecule is CCNCc1sccc1S(=O)(=O)NC(C)COCC. The molecule has 1 rings (SSSR count). The van der Waals surface area contributed by atoms with Crippen LogP contribution in [0.2, 0.25) is 0 Å². The van der Waals surface area contributed by atoms with Crippen LogP contribution >= 0.6 is 11.3 Å². The maximum absolute atomic E-state index is 12.3. The van der Waals surface area contributed by atoms with E-state index < -0.39 is 10.0 Å². The number of thiophene rings is 1. The first kappa shape index (κ1) is 16.6. The normalized spacial score (nSPS) is 13.6. The lowest BCUT2D eigenvalue weighted by Gasteiger charge is -2.14. The largest absolute Gasteiger partial charge is 0.380 e. The average Bonchev–Trinajstić information content (AvgIpc) is 2.82. The Kier molecular flexibility index (Phi) is 6.95. The Balaban J connectivity index is 2.74. The number of hydrogen-bond acceptors (Lipinski definition) is 5. The minimum atomic E-state index is -3.47. The second-order valence-corrected chi connectivity index (χ2v) is 6.85. The van der Waals surface area contributed by atoms with E-state index in [0.29, 0.717) is 24.7 Å². The Labute approximate surface area is 119 Å². The highest BCUT2D eigenvalue weighted by molar-refractivity contribution is 7.89. The molecule has 1 aromatic rings. The van der Waals surface area contributed by atoms with Gasteiger partial charge in [-0.1, -0.05) is 6.92 Å². The molecule has 0 aliphatic heterocycles. The molecule has 7 heteroatoms. The summed E-state index contributed by atoms with van der Waals surface area (Å²) in [5.74, 6) is 0. The Morgan fingerprint density at radius 1 is 1.42 bits per heavy atom. The summed E-state index contributed by atoms with van der Waals surface area (Å²) in [5.41, 5.74) is 0. The van der Waals surface area contributed by atoms with E-state index >= 15 is 0 Å². The van der Waals surface area contributed by atoms with Gasteiger partial charge in [0.25, 0.3) is 0 Å². The predicted octanol–water partition coefficient (Wildman–Crippen LogP) is 1.56. The van der Waals surface area contributed by atoms with Gasteiger partial charge in [-0.3, -0.25) is 0 Å². The fourth-order valence-electron chi connectivity index (χ4n) is 1.59. The van der Waals surface area contributed by atoms with Gasteiger partial charge in [0.15, 0.2) is 0 Å². The van der Waals surface area contributed by atoms with Crippen molar-refractivity contribution in [3.05, 3.63) is 16.3 Å². The van der Waals surface area contributed by atoms with Crippen LogP contribution in [-0.4, -0.2) is 34.2 Å². The van der Waals surface area contributed by atoms with Crippen LogP contribution in [0, 0.1) is 0 Å². The average molecular weight is 306 g/mol. The molecule has 0 aromatic carbocycles. The second kappa shape index (κ2) is 7.96. The van der Waals surface area contributed by atoms with Crippen molar-refractivity contribution in [2.75, 3.05) is 19.8 Å². The van der Waals surface area contributed by atoms with Gasteiger partial charge in [-0.15, -0.1) is 11.3 Å². The van der Waals surface area contributed by atoms with Crippen LogP contribution in [0.3, 0.4) is 0 Å². The van der Waals surface area contributed by atoms with Gasteiger partial charge in [-0.05, 0) is 31.8 Å². The summed E-state index contributed by atoms with van der Waals surface area (Å²) in [6, 6.07) is 1.41. The molecule has 0 amide bonds. The molecule has 0 aliphatic rings. The third kappa shape index (κ3) is 5.19. The summed E-state index contributed by atoms with van der Waals surface area (Å²) >= 11 is 1.45. The van der Waals surface area contributed by atoms with E-state index in [1.807, 2.05) is 13.8 Å². The van der Waals surface area contributed by atoms with Crippen molar-refractivity contribution in [2.24, 2.45) is 0 Å². The van der Waals surface area contributed by atoms with Gasteiger partial charge in [0.2, 0.25) is 10.0 Å². The van der Waals surface area contributed by atoms with E-state index in [2.05, 4.69) is 10.0 Å². The maximum Gasteiger partial charge on any atom is 0.242 e. The number of rotatable bonds is 9. The lowest BCUT2D eigenvalue weighted by Crippen LogP contribution is -2.36. The molecule has 5 nitrogen and oxygen atoms in total. The highest BCUT2D eigenvalue weighted by atomic mass is 32.2. The predicted molar refractivity (Wildman–Crippen MR) is 78.0 cm³/mol. The number of ether oxygens (including phenoxy) is 1. The number of sulfonamides is 1. The van der Waals surface area contributed by atoms with Crippen molar-refractivity contribution in [2.45, 2.75) is 38.3 Å². The van der Waals surface area contributed by atoms with Crippen LogP contribution in [0.1, 0.15) is 25.6 Å². The van der Waals surface area contributed by atoms with Crippen molar-refractivity contribution < 1.29 is 13.2 Å². The molecular formula is C12H22N2O3S2. The Morgan fingerprint density at radius 3 is 2.79 bits per heavy atom. The zero-order chi connectivity index (χ0) is 14.3. The van der Waals surface area contributed by atoms with Gasteiger partial charge in [0, 0.05) is 24.1 Å². The molecule has 0 aliphatic carbocycles. The van der Waals surface area contributed by atoms with Gasteiger partial charge >= 0.3 is 0 Å². The van der Waals surface area contributed by atoms with E-state index in [1.54, 1.807) is 18.4 Å². The molecule has 1 aromatic heterocycles. The standard InChI is InChI=1S/C12H22N2O3S2/c1-4-13-8-11-12(6-7-18-11)19(15,16)14-10(3)9-17-5-2/h6-7,10,13-14H,4-5,8-9H2,1-3H3. The smallest absolute Gasteiger partial charge is 0.242 e. The summed E-state index contributed by atoms with van der Waals surface area (Å²) in [6.07, 6.45) is 0. The minimum Gasteiger partial charge on any atom is -0.380 e. The molecule has 1 unspecified atom stereocenters. The fraction of sp³-hybridized carbons (Fsp3) is 0.667. The molecule has 19 heavy (non-hydrogen) atoms. The number of nitrogens with one attached hydrogen (secondary N) is 2. The molecule has 0 fully saturated rings. The lowest BCUT2D eigenvalue weighted by atomic mass is 10.4. The van der Waals surface area contributed by atoms with Crippen molar-refractivity contribution in [3.63, 3.8) is 0 Å². The van der Waals surface area contributed by atoms with Crippen molar-refractivity contribution in [3.8, 4) is 0 Å². The monoisotopic (exact) mass is 306 g/mol. The number of hydrogen-bond donors (Lipinski definition) is 2. The highest BCUT2D eigenvalue weighted by Gasteiger charge is 2.21. The molecule has 0 saturated heterocycles. The zero-order valence-corrected chi connectivity index (χ0v) is 13.2. The highest BCUT2D eigenvalue weighted by Crippen LogP contribution is 2.21. The second-order valence-electron chi connectivity index (χ2n) is 4.17. The molecular weight excluding hydrogens is 284 g/mol. The molecule has 2 N–H and O–H groups in total. The maximum atomic E-state index is 12.3. The minimum absolute atomic E-state index is 0.239. The van der Waals surface area contributed by atoms with Crippen LogP contribution in [0.4, 0.5) is 0 Å². The van der Waals surface area contributed by atoms with Gasteiger partial charge < -0.3 is 10.1 Å².